The zero-order chi connectivity index (χ0) is 13.8. The lowest BCUT2D eigenvalue weighted by Crippen LogP contribution is -2.33. The molecule has 5 heteroatoms. The van der Waals surface area contributed by atoms with Crippen LogP contribution in [0.25, 0.3) is 10.9 Å². The summed E-state index contributed by atoms with van der Waals surface area (Å²) < 4.78 is 10.5. The maximum Gasteiger partial charge on any atom is 0.176 e. The first-order valence-electron chi connectivity index (χ1n) is 6.02. The summed E-state index contributed by atoms with van der Waals surface area (Å²) in [6.45, 7) is 1.99. The van der Waals surface area contributed by atoms with Gasteiger partial charge in [-0.15, -0.1) is 0 Å². The third-order valence-corrected chi connectivity index (χ3v) is 3.30. The molecule has 1 N–H and O–H groups in total. The maximum atomic E-state index is 6.17. The monoisotopic (exact) mass is 280 g/mol. The Morgan fingerprint density at radius 1 is 1.21 bits per heavy atom. The van der Waals surface area contributed by atoms with Gasteiger partial charge >= 0.3 is 0 Å². The van der Waals surface area contributed by atoms with Crippen molar-refractivity contribution in [2.45, 2.75) is 19.3 Å². The number of aromatic nitrogens is 1. The molecule has 0 fully saturated rings. The molecule has 0 saturated carbocycles. The second-order valence-electron chi connectivity index (χ2n) is 4.27. The van der Waals surface area contributed by atoms with Gasteiger partial charge in [0.1, 0.15) is 0 Å². The van der Waals surface area contributed by atoms with Crippen molar-refractivity contribution in [3.63, 3.8) is 0 Å². The van der Waals surface area contributed by atoms with Crippen LogP contribution in [0.3, 0.4) is 0 Å². The Kier molecular flexibility index (Phi) is 4.58. The third kappa shape index (κ3) is 2.97. The van der Waals surface area contributed by atoms with Crippen molar-refractivity contribution in [3.8, 4) is 0 Å². The molecular formula is C14H17ClN2O2. The van der Waals surface area contributed by atoms with Gasteiger partial charge in [0.25, 0.3) is 0 Å². The Bertz CT molecular complexity index is 558. The van der Waals surface area contributed by atoms with Crippen LogP contribution in [-0.4, -0.2) is 31.5 Å². The van der Waals surface area contributed by atoms with Crippen molar-refractivity contribution in [1.29, 1.82) is 0 Å². The molecule has 0 amide bonds. The number of hydrogen-bond donors (Lipinski definition) is 1. The Hall–Kier alpha value is -1.36. The van der Waals surface area contributed by atoms with E-state index >= 15 is 0 Å². The smallest absolute Gasteiger partial charge is 0.176 e. The largest absolute Gasteiger partial charge is 0.376 e. The van der Waals surface area contributed by atoms with E-state index in [1.165, 1.54) is 0 Å². The zero-order valence-electron chi connectivity index (χ0n) is 11.2. The number of benzene rings is 1. The first kappa shape index (κ1) is 14.1. The van der Waals surface area contributed by atoms with Crippen LogP contribution in [-0.2, 0) is 9.47 Å². The molecule has 19 heavy (non-hydrogen) atoms. The van der Waals surface area contributed by atoms with Gasteiger partial charge in [-0.25, -0.2) is 0 Å². The van der Waals surface area contributed by atoms with Crippen LogP contribution in [0.2, 0.25) is 5.02 Å². The zero-order valence-corrected chi connectivity index (χ0v) is 11.9. The van der Waals surface area contributed by atoms with E-state index in [-0.39, 0.29) is 12.3 Å². The number of hydrogen-bond acceptors (Lipinski definition) is 4. The van der Waals surface area contributed by atoms with Gasteiger partial charge in [0.15, 0.2) is 6.29 Å². The lowest BCUT2D eigenvalue weighted by Gasteiger charge is -2.23. The second-order valence-corrected chi connectivity index (χ2v) is 4.67. The van der Waals surface area contributed by atoms with Gasteiger partial charge in [0.2, 0.25) is 0 Å². The van der Waals surface area contributed by atoms with Crippen molar-refractivity contribution in [3.05, 3.63) is 35.5 Å². The summed E-state index contributed by atoms with van der Waals surface area (Å²) in [5.74, 6) is 0. The number of fused-ring (bicyclic) bond motifs is 1. The molecule has 1 aromatic heterocycles. The minimum Gasteiger partial charge on any atom is -0.376 e. The number of pyridine rings is 1. The number of halogens is 1. The normalized spacial score (nSPS) is 12.9. The molecule has 0 radical (unpaired) electrons. The van der Waals surface area contributed by atoms with E-state index in [4.69, 9.17) is 21.1 Å². The lowest BCUT2D eigenvalue weighted by molar-refractivity contribution is -0.109. The quantitative estimate of drug-likeness (QED) is 0.854. The molecule has 0 spiro atoms. The molecule has 102 valence electrons. The van der Waals surface area contributed by atoms with Gasteiger partial charge in [-0.2, -0.15) is 0 Å². The highest BCUT2D eigenvalue weighted by Gasteiger charge is 2.17. The molecule has 0 saturated heterocycles. The molecule has 2 aromatic rings. The van der Waals surface area contributed by atoms with Crippen molar-refractivity contribution in [1.82, 2.24) is 4.98 Å². The van der Waals surface area contributed by atoms with Crippen LogP contribution >= 0.6 is 11.6 Å². The average molecular weight is 281 g/mol. The van der Waals surface area contributed by atoms with E-state index in [0.29, 0.717) is 5.02 Å². The van der Waals surface area contributed by atoms with Crippen LogP contribution in [0.1, 0.15) is 6.92 Å². The van der Waals surface area contributed by atoms with Crippen molar-refractivity contribution < 1.29 is 9.47 Å². The standard InChI is InChI=1S/C14H17ClN2O2/c1-9(14(18-2)19-3)17-12-7-6-11(15)10-5-4-8-16-13(10)12/h4-9,14,17H,1-3H3. The Labute approximate surface area is 117 Å². The number of methoxy groups -OCH3 is 2. The van der Waals surface area contributed by atoms with Gasteiger partial charge in [0, 0.05) is 25.8 Å². The number of anilines is 1. The molecule has 1 heterocycles. The number of nitrogens with zero attached hydrogens (tertiary/aromatic N) is 1. The average Bonchev–Trinajstić information content (AvgIpc) is 2.44. The molecule has 2 rings (SSSR count). The molecular weight excluding hydrogens is 264 g/mol. The molecule has 0 bridgehead atoms. The number of nitrogens with one attached hydrogen (secondary N) is 1. The summed E-state index contributed by atoms with van der Waals surface area (Å²) in [5, 5.41) is 4.96. The Balaban J connectivity index is 2.33. The van der Waals surface area contributed by atoms with Crippen LogP contribution in [0.4, 0.5) is 5.69 Å². The topological polar surface area (TPSA) is 43.4 Å². The van der Waals surface area contributed by atoms with Crippen molar-refractivity contribution in [2.75, 3.05) is 19.5 Å². The van der Waals surface area contributed by atoms with Crippen molar-refractivity contribution >= 4 is 28.2 Å². The minimum absolute atomic E-state index is 0.0126. The summed E-state index contributed by atoms with van der Waals surface area (Å²) in [6.07, 6.45) is 1.42. The maximum absolute atomic E-state index is 6.17. The van der Waals surface area contributed by atoms with E-state index in [2.05, 4.69) is 10.3 Å². The highest BCUT2D eigenvalue weighted by Crippen LogP contribution is 2.28. The van der Waals surface area contributed by atoms with Gasteiger partial charge in [-0.05, 0) is 31.2 Å². The minimum atomic E-state index is -0.325. The fourth-order valence-electron chi connectivity index (χ4n) is 2.07. The van der Waals surface area contributed by atoms with E-state index in [1.807, 2.05) is 31.2 Å². The fraction of sp³-hybridized carbons (Fsp3) is 0.357. The molecule has 1 atom stereocenters. The first-order valence-corrected chi connectivity index (χ1v) is 6.40. The first-order chi connectivity index (χ1) is 9.17. The van der Waals surface area contributed by atoms with Gasteiger partial charge < -0.3 is 14.8 Å². The summed E-state index contributed by atoms with van der Waals surface area (Å²) in [5.41, 5.74) is 1.75. The van der Waals surface area contributed by atoms with Gasteiger partial charge in [0.05, 0.1) is 22.3 Å². The van der Waals surface area contributed by atoms with Crippen LogP contribution in [0.15, 0.2) is 30.5 Å². The van der Waals surface area contributed by atoms with E-state index in [1.54, 1.807) is 20.4 Å². The molecule has 1 aromatic carbocycles. The third-order valence-electron chi connectivity index (χ3n) is 2.97. The number of rotatable bonds is 5. The lowest BCUT2D eigenvalue weighted by atomic mass is 10.1. The summed E-state index contributed by atoms with van der Waals surface area (Å²) in [7, 11) is 3.23. The van der Waals surface area contributed by atoms with Crippen LogP contribution < -0.4 is 5.32 Å². The summed E-state index contributed by atoms with van der Waals surface area (Å²) in [6, 6.07) is 7.58. The number of ether oxygens (including phenoxy) is 2. The summed E-state index contributed by atoms with van der Waals surface area (Å²) >= 11 is 6.17. The predicted molar refractivity (Wildman–Crippen MR) is 77.6 cm³/mol. The highest BCUT2D eigenvalue weighted by atomic mass is 35.5. The molecule has 0 aliphatic carbocycles. The van der Waals surface area contributed by atoms with E-state index in [9.17, 15) is 0 Å². The van der Waals surface area contributed by atoms with E-state index < -0.39 is 0 Å². The molecule has 1 unspecified atom stereocenters. The SMILES string of the molecule is COC(OC)C(C)Nc1ccc(Cl)c2cccnc12. The fourth-order valence-corrected chi connectivity index (χ4v) is 2.29. The molecule has 0 aliphatic heterocycles. The Morgan fingerprint density at radius 2 is 1.95 bits per heavy atom. The van der Waals surface area contributed by atoms with E-state index in [0.717, 1.165) is 16.6 Å². The summed E-state index contributed by atoms with van der Waals surface area (Å²) in [4.78, 5) is 4.38. The van der Waals surface area contributed by atoms with Crippen LogP contribution in [0.5, 0.6) is 0 Å². The van der Waals surface area contributed by atoms with Gasteiger partial charge in [-0.1, -0.05) is 11.6 Å². The van der Waals surface area contributed by atoms with Crippen LogP contribution in [0, 0.1) is 0 Å². The Morgan fingerprint density at radius 3 is 2.63 bits per heavy atom. The molecule has 4 nitrogen and oxygen atoms in total. The van der Waals surface area contributed by atoms with Gasteiger partial charge in [-0.3, -0.25) is 4.98 Å². The highest BCUT2D eigenvalue weighted by molar-refractivity contribution is 6.35. The second kappa shape index (κ2) is 6.19. The molecule has 0 aliphatic rings. The predicted octanol–water partition coefficient (Wildman–Crippen LogP) is 3.31. The van der Waals surface area contributed by atoms with Crippen molar-refractivity contribution in [2.24, 2.45) is 0 Å².